The van der Waals surface area contributed by atoms with Gasteiger partial charge in [0.2, 0.25) is 0 Å². The maximum Gasteiger partial charge on any atom is 0.416 e. The topological polar surface area (TPSA) is 119 Å². The number of carbonyl (C=O) groups excluding carboxylic acids is 1. The van der Waals surface area contributed by atoms with Gasteiger partial charge in [0.25, 0.3) is 5.91 Å². The van der Waals surface area contributed by atoms with Crippen molar-refractivity contribution in [2.75, 3.05) is 54.9 Å². The molecule has 10 nitrogen and oxygen atoms in total. The van der Waals surface area contributed by atoms with Gasteiger partial charge in [0, 0.05) is 56.7 Å². The molecule has 1 aromatic carbocycles. The van der Waals surface area contributed by atoms with Crippen LogP contribution in [-0.2, 0) is 6.18 Å². The van der Waals surface area contributed by atoms with Gasteiger partial charge in [0.05, 0.1) is 17.0 Å². The van der Waals surface area contributed by atoms with E-state index in [1.54, 1.807) is 24.4 Å². The number of nitrogens with one attached hydrogen (secondary N) is 2. The van der Waals surface area contributed by atoms with Gasteiger partial charge < -0.3 is 20.6 Å². The third-order valence-corrected chi connectivity index (χ3v) is 7.72. The number of thiazole rings is 1. The summed E-state index contributed by atoms with van der Waals surface area (Å²) in [6.45, 7) is 7.82. The van der Waals surface area contributed by atoms with E-state index in [0.717, 1.165) is 66.3 Å². The standard InChI is InChI=1S/C28H29F3N8O2S/c1-17-3-4-19(26(41)36-23-14-20(5-6-32-23)28(29,30)31)13-21(17)22-16-33-27(42-22)37-24-15-25(35-18(2)34-24)39-9-7-38(8-10-39)11-12-40/h3-6,13-16,40H,7-12H2,1-2H3,(H,32,36,41)(H,33,34,35,37). The fourth-order valence-electron chi connectivity index (χ4n) is 4.58. The smallest absolute Gasteiger partial charge is 0.395 e. The Kier molecular flexibility index (Phi) is 8.66. The van der Waals surface area contributed by atoms with Crippen LogP contribution in [0.5, 0.6) is 0 Å². The molecule has 1 aliphatic heterocycles. The first-order chi connectivity index (χ1) is 20.1. The number of aromatic nitrogens is 4. The maximum atomic E-state index is 13.0. The lowest BCUT2D eigenvalue weighted by Gasteiger charge is -2.35. The van der Waals surface area contributed by atoms with Crippen molar-refractivity contribution in [2.24, 2.45) is 0 Å². The van der Waals surface area contributed by atoms with E-state index in [9.17, 15) is 23.1 Å². The van der Waals surface area contributed by atoms with E-state index in [-0.39, 0.29) is 18.0 Å². The lowest BCUT2D eigenvalue weighted by Crippen LogP contribution is -2.47. The molecule has 1 amide bonds. The summed E-state index contributed by atoms with van der Waals surface area (Å²) in [4.78, 5) is 35.5. The molecule has 0 aliphatic carbocycles. The molecule has 42 heavy (non-hydrogen) atoms. The minimum absolute atomic E-state index is 0.144. The summed E-state index contributed by atoms with van der Waals surface area (Å²) < 4.78 is 39.1. The van der Waals surface area contributed by atoms with Crippen LogP contribution in [-0.4, -0.2) is 75.2 Å². The summed E-state index contributed by atoms with van der Waals surface area (Å²) >= 11 is 1.38. The normalized spacial score (nSPS) is 14.2. The van der Waals surface area contributed by atoms with E-state index in [1.165, 1.54) is 11.3 Å². The Morgan fingerprint density at radius 2 is 1.81 bits per heavy atom. The Balaban J connectivity index is 1.30. The number of piperazine rings is 1. The van der Waals surface area contributed by atoms with Crippen LogP contribution in [0.25, 0.3) is 10.4 Å². The number of alkyl halides is 3. The highest BCUT2D eigenvalue weighted by molar-refractivity contribution is 7.19. The van der Waals surface area contributed by atoms with Gasteiger partial charge in [-0.1, -0.05) is 17.4 Å². The molecule has 0 radical (unpaired) electrons. The number of aliphatic hydroxyl groups is 1. The predicted octanol–water partition coefficient (Wildman–Crippen LogP) is 4.74. The van der Waals surface area contributed by atoms with Crippen LogP contribution < -0.4 is 15.5 Å². The molecule has 0 spiro atoms. The van der Waals surface area contributed by atoms with E-state index in [0.29, 0.717) is 23.3 Å². The molecule has 0 atom stereocenters. The predicted molar refractivity (Wildman–Crippen MR) is 155 cm³/mol. The molecule has 4 heterocycles. The monoisotopic (exact) mass is 598 g/mol. The number of aliphatic hydroxyl groups excluding tert-OH is 1. The molecule has 1 aliphatic rings. The number of aryl methyl sites for hydroxylation is 2. The van der Waals surface area contributed by atoms with Gasteiger partial charge >= 0.3 is 6.18 Å². The van der Waals surface area contributed by atoms with Crippen molar-refractivity contribution < 1.29 is 23.1 Å². The summed E-state index contributed by atoms with van der Waals surface area (Å²) in [6.07, 6.45) is -1.84. The Morgan fingerprint density at radius 3 is 2.55 bits per heavy atom. The van der Waals surface area contributed by atoms with Crippen LogP contribution in [0.15, 0.2) is 48.8 Å². The van der Waals surface area contributed by atoms with Crippen LogP contribution in [0.4, 0.5) is 35.8 Å². The lowest BCUT2D eigenvalue weighted by atomic mass is 10.0. The number of nitrogens with zero attached hydrogens (tertiary/aromatic N) is 6. The third kappa shape index (κ3) is 7.01. The van der Waals surface area contributed by atoms with Gasteiger partial charge in [-0.15, -0.1) is 0 Å². The SMILES string of the molecule is Cc1nc(Nc2ncc(-c3cc(C(=O)Nc4cc(C(F)(F)F)ccn4)ccc3C)s2)cc(N2CCN(CCO)CC2)n1. The summed E-state index contributed by atoms with van der Waals surface area (Å²) in [6, 6.07) is 8.59. The Labute approximate surface area is 244 Å². The number of carbonyl (C=O) groups is 1. The van der Waals surface area contributed by atoms with E-state index < -0.39 is 17.6 Å². The molecular weight excluding hydrogens is 569 g/mol. The minimum Gasteiger partial charge on any atom is -0.395 e. The molecule has 5 rings (SSSR count). The zero-order valence-electron chi connectivity index (χ0n) is 22.9. The first kappa shape index (κ1) is 29.4. The van der Waals surface area contributed by atoms with Crippen molar-refractivity contribution in [1.82, 2.24) is 24.8 Å². The molecule has 4 aromatic rings. The molecule has 0 bridgehead atoms. The molecule has 220 valence electrons. The highest BCUT2D eigenvalue weighted by atomic mass is 32.1. The summed E-state index contributed by atoms with van der Waals surface area (Å²) in [5, 5.41) is 15.5. The number of pyridine rings is 1. The molecule has 3 aromatic heterocycles. The first-order valence-electron chi connectivity index (χ1n) is 13.2. The largest absolute Gasteiger partial charge is 0.416 e. The van der Waals surface area contributed by atoms with Crippen LogP contribution in [0.1, 0.15) is 27.3 Å². The number of β-amino-alcohol motifs (C(OH)–C–C–N with tert-alkyl or cyclic N) is 1. The Morgan fingerprint density at radius 1 is 1.02 bits per heavy atom. The number of hydrogen-bond acceptors (Lipinski definition) is 10. The van der Waals surface area contributed by atoms with Gasteiger partial charge in [0.15, 0.2) is 5.13 Å². The van der Waals surface area contributed by atoms with E-state index in [2.05, 4.69) is 40.4 Å². The molecular formula is C28H29F3N8O2S. The second-order valence-electron chi connectivity index (χ2n) is 9.78. The van der Waals surface area contributed by atoms with Gasteiger partial charge in [-0.05, 0) is 49.2 Å². The van der Waals surface area contributed by atoms with Crippen molar-refractivity contribution in [3.05, 3.63) is 71.3 Å². The molecule has 0 unspecified atom stereocenters. The average Bonchev–Trinajstić information content (AvgIpc) is 3.41. The highest BCUT2D eigenvalue weighted by Gasteiger charge is 2.31. The van der Waals surface area contributed by atoms with Crippen LogP contribution in [0, 0.1) is 13.8 Å². The maximum absolute atomic E-state index is 13.0. The quantitative estimate of drug-likeness (QED) is 0.264. The molecule has 14 heteroatoms. The average molecular weight is 599 g/mol. The van der Waals surface area contributed by atoms with Crippen molar-refractivity contribution in [2.45, 2.75) is 20.0 Å². The van der Waals surface area contributed by atoms with Crippen LogP contribution in [0.3, 0.4) is 0 Å². The Hall–Kier alpha value is -4.14. The number of rotatable bonds is 8. The summed E-state index contributed by atoms with van der Waals surface area (Å²) in [5.74, 6) is 1.28. The van der Waals surface area contributed by atoms with E-state index in [4.69, 9.17) is 0 Å². The van der Waals surface area contributed by atoms with Gasteiger partial charge in [-0.3, -0.25) is 9.69 Å². The van der Waals surface area contributed by atoms with Crippen LogP contribution in [0.2, 0.25) is 0 Å². The summed E-state index contributed by atoms with van der Waals surface area (Å²) in [7, 11) is 0. The fraction of sp³-hybridized carbons (Fsp3) is 0.321. The first-order valence-corrected chi connectivity index (χ1v) is 14.0. The van der Waals surface area contributed by atoms with E-state index in [1.807, 2.05) is 19.9 Å². The molecule has 3 N–H and O–H groups in total. The Bertz CT molecular complexity index is 1570. The van der Waals surface area contributed by atoms with E-state index >= 15 is 0 Å². The number of anilines is 4. The fourth-order valence-corrected chi connectivity index (χ4v) is 5.48. The number of amides is 1. The zero-order valence-corrected chi connectivity index (χ0v) is 23.8. The van der Waals surface area contributed by atoms with Crippen molar-refractivity contribution in [1.29, 1.82) is 0 Å². The zero-order chi connectivity index (χ0) is 29.9. The second kappa shape index (κ2) is 12.4. The summed E-state index contributed by atoms with van der Waals surface area (Å²) in [5.41, 5.74) is 1.05. The third-order valence-electron chi connectivity index (χ3n) is 6.77. The lowest BCUT2D eigenvalue weighted by molar-refractivity contribution is -0.137. The molecule has 1 fully saturated rings. The highest BCUT2D eigenvalue weighted by Crippen LogP contribution is 2.34. The number of hydrogen-bond donors (Lipinski definition) is 3. The number of benzene rings is 1. The van der Waals surface area contributed by atoms with Gasteiger partial charge in [-0.2, -0.15) is 13.2 Å². The van der Waals surface area contributed by atoms with Crippen LogP contribution >= 0.6 is 11.3 Å². The molecule has 0 saturated carbocycles. The van der Waals surface area contributed by atoms with Crippen molar-refractivity contribution in [3.8, 4) is 10.4 Å². The molecule has 1 saturated heterocycles. The van der Waals surface area contributed by atoms with Crippen molar-refractivity contribution in [3.63, 3.8) is 0 Å². The van der Waals surface area contributed by atoms with Gasteiger partial charge in [0.1, 0.15) is 23.3 Å². The number of halogens is 3. The van der Waals surface area contributed by atoms with Gasteiger partial charge in [-0.25, -0.2) is 19.9 Å². The van der Waals surface area contributed by atoms with Crippen molar-refractivity contribution >= 4 is 39.8 Å². The minimum atomic E-state index is -4.54. The second-order valence-corrected chi connectivity index (χ2v) is 10.8.